The predicted molar refractivity (Wildman–Crippen MR) is 92.2 cm³/mol. The van der Waals surface area contributed by atoms with Crippen LogP contribution in [0, 0.1) is 20.2 Å². The SMILES string of the molecule is O=C(NN=Cc1ccc([N+](=O)[O-])o1)C(=O)N[C@@H](CO)c1ccc([N+](=O)[O-])cc1. The molecule has 1 aromatic carbocycles. The third-order valence-corrected chi connectivity index (χ3v) is 3.35. The largest absolute Gasteiger partial charge is 0.433 e. The van der Waals surface area contributed by atoms with Crippen molar-refractivity contribution in [3.05, 3.63) is 68.0 Å². The minimum atomic E-state index is -1.17. The molecule has 0 spiro atoms. The first-order valence-corrected chi connectivity index (χ1v) is 7.55. The highest BCUT2D eigenvalue weighted by atomic mass is 16.6. The Morgan fingerprint density at radius 3 is 2.32 bits per heavy atom. The van der Waals surface area contributed by atoms with Gasteiger partial charge in [0.25, 0.3) is 5.69 Å². The molecule has 0 aliphatic rings. The van der Waals surface area contributed by atoms with E-state index in [2.05, 4.69) is 10.4 Å². The second-order valence-corrected chi connectivity index (χ2v) is 5.19. The number of hydrogen-bond donors (Lipinski definition) is 3. The number of hydrogen-bond acceptors (Lipinski definition) is 9. The predicted octanol–water partition coefficient (Wildman–Crippen LogP) is 0.396. The first-order valence-electron chi connectivity index (χ1n) is 7.55. The fourth-order valence-electron chi connectivity index (χ4n) is 2.00. The summed E-state index contributed by atoms with van der Waals surface area (Å²) in [5.74, 6) is -2.83. The molecule has 146 valence electrons. The zero-order valence-electron chi connectivity index (χ0n) is 14.0. The van der Waals surface area contributed by atoms with E-state index in [9.17, 15) is 34.9 Å². The number of nitro groups is 2. The van der Waals surface area contributed by atoms with Gasteiger partial charge in [-0.1, -0.05) is 12.1 Å². The average Bonchev–Trinajstić information content (AvgIpc) is 3.15. The van der Waals surface area contributed by atoms with Crippen LogP contribution in [-0.4, -0.2) is 39.6 Å². The number of hydrazone groups is 1. The van der Waals surface area contributed by atoms with E-state index < -0.39 is 40.2 Å². The molecule has 1 aromatic heterocycles. The first-order chi connectivity index (χ1) is 13.3. The molecule has 0 saturated heterocycles. The van der Waals surface area contributed by atoms with Crippen LogP contribution in [0.1, 0.15) is 17.4 Å². The number of furan rings is 1. The quantitative estimate of drug-likeness (QED) is 0.261. The van der Waals surface area contributed by atoms with Crippen molar-refractivity contribution in [1.82, 2.24) is 10.7 Å². The number of non-ortho nitro benzene ring substituents is 1. The van der Waals surface area contributed by atoms with E-state index in [1.807, 2.05) is 5.43 Å². The number of benzene rings is 1. The van der Waals surface area contributed by atoms with Crippen molar-refractivity contribution in [2.75, 3.05) is 6.61 Å². The Morgan fingerprint density at radius 1 is 1.11 bits per heavy atom. The van der Waals surface area contributed by atoms with Crippen LogP contribution in [0.4, 0.5) is 11.6 Å². The maximum Gasteiger partial charge on any atom is 0.433 e. The smallest absolute Gasteiger partial charge is 0.400 e. The molecule has 0 fully saturated rings. The maximum atomic E-state index is 11.9. The van der Waals surface area contributed by atoms with Crippen LogP contribution >= 0.6 is 0 Å². The van der Waals surface area contributed by atoms with Gasteiger partial charge in [-0.15, -0.1) is 0 Å². The Bertz CT molecular complexity index is 921. The van der Waals surface area contributed by atoms with E-state index in [1.54, 1.807) is 0 Å². The van der Waals surface area contributed by atoms with Crippen LogP contribution in [0.25, 0.3) is 0 Å². The third-order valence-electron chi connectivity index (χ3n) is 3.35. The van der Waals surface area contributed by atoms with Gasteiger partial charge in [0.2, 0.25) is 0 Å². The molecular formula is C15H13N5O8. The molecule has 3 N–H and O–H groups in total. The van der Waals surface area contributed by atoms with Crippen LogP contribution in [0.3, 0.4) is 0 Å². The minimum absolute atomic E-state index is 0.0217. The van der Waals surface area contributed by atoms with Gasteiger partial charge in [0, 0.05) is 12.1 Å². The van der Waals surface area contributed by atoms with E-state index in [0.717, 1.165) is 12.3 Å². The monoisotopic (exact) mass is 391 g/mol. The second-order valence-electron chi connectivity index (χ2n) is 5.19. The summed E-state index contributed by atoms with van der Waals surface area (Å²) in [6.45, 7) is -0.559. The van der Waals surface area contributed by atoms with E-state index in [0.29, 0.717) is 5.56 Å². The summed E-state index contributed by atoms with van der Waals surface area (Å²) in [6.07, 6.45) is 0.956. The lowest BCUT2D eigenvalue weighted by Gasteiger charge is -2.15. The fourth-order valence-corrected chi connectivity index (χ4v) is 2.00. The number of nitro benzene ring substituents is 1. The summed E-state index contributed by atoms with van der Waals surface area (Å²) in [4.78, 5) is 43.4. The van der Waals surface area contributed by atoms with E-state index in [4.69, 9.17) is 4.42 Å². The van der Waals surface area contributed by atoms with Gasteiger partial charge in [-0.3, -0.25) is 29.8 Å². The molecule has 0 unspecified atom stereocenters. The molecule has 0 saturated carbocycles. The number of rotatable bonds is 7. The van der Waals surface area contributed by atoms with Crippen molar-refractivity contribution in [2.24, 2.45) is 5.10 Å². The van der Waals surface area contributed by atoms with E-state index in [1.165, 1.54) is 30.3 Å². The second kappa shape index (κ2) is 9.00. The van der Waals surface area contributed by atoms with Gasteiger partial charge in [-0.25, -0.2) is 5.43 Å². The molecule has 0 aliphatic carbocycles. The van der Waals surface area contributed by atoms with Crippen LogP contribution in [0.2, 0.25) is 0 Å². The Hall–Kier alpha value is -4.13. The van der Waals surface area contributed by atoms with Crippen molar-refractivity contribution < 1.29 is 29.0 Å². The molecule has 0 radical (unpaired) electrons. The lowest BCUT2D eigenvalue weighted by atomic mass is 10.1. The molecule has 2 amide bonds. The van der Waals surface area contributed by atoms with Crippen molar-refractivity contribution >= 4 is 29.6 Å². The van der Waals surface area contributed by atoms with E-state index >= 15 is 0 Å². The van der Waals surface area contributed by atoms with Crippen molar-refractivity contribution in [1.29, 1.82) is 0 Å². The molecule has 0 aliphatic heterocycles. The summed E-state index contributed by atoms with van der Waals surface area (Å²) < 4.78 is 4.77. The topological polar surface area (TPSA) is 190 Å². The zero-order valence-corrected chi connectivity index (χ0v) is 14.0. The lowest BCUT2D eigenvalue weighted by molar-refractivity contribution is -0.402. The van der Waals surface area contributed by atoms with Gasteiger partial charge >= 0.3 is 17.7 Å². The summed E-state index contributed by atoms with van der Waals surface area (Å²) in [7, 11) is 0. The van der Waals surface area contributed by atoms with Crippen LogP contribution < -0.4 is 10.7 Å². The molecule has 1 atom stereocenters. The number of carbonyl (C=O) groups is 2. The van der Waals surface area contributed by atoms with E-state index in [-0.39, 0.29) is 11.4 Å². The zero-order chi connectivity index (χ0) is 20.7. The highest BCUT2D eigenvalue weighted by Gasteiger charge is 2.20. The maximum absolute atomic E-state index is 11.9. The fraction of sp³-hybridized carbons (Fsp3) is 0.133. The van der Waals surface area contributed by atoms with Gasteiger partial charge in [0.05, 0.1) is 29.9 Å². The Labute approximate surface area is 155 Å². The third kappa shape index (κ3) is 5.18. The summed E-state index contributed by atoms with van der Waals surface area (Å²) >= 11 is 0. The van der Waals surface area contributed by atoms with Gasteiger partial charge in [-0.2, -0.15) is 5.10 Å². The molecule has 1 heterocycles. The standard InChI is InChI=1S/C15H13N5O8/c21-8-12(9-1-3-10(4-2-9)19(24)25)17-14(22)15(23)18-16-7-11-5-6-13(28-11)20(26)27/h1-7,12,21H,8H2,(H,17,22)(H,18,23)/t12-/m0/s1. The molecule has 13 nitrogen and oxygen atoms in total. The van der Waals surface area contributed by atoms with Crippen molar-refractivity contribution in [2.45, 2.75) is 6.04 Å². The molecule has 2 aromatic rings. The van der Waals surface area contributed by atoms with Crippen molar-refractivity contribution in [3.8, 4) is 0 Å². The summed E-state index contributed by atoms with van der Waals surface area (Å²) in [5.41, 5.74) is 2.07. The number of aliphatic hydroxyl groups excluding tert-OH is 1. The highest BCUT2D eigenvalue weighted by molar-refractivity contribution is 6.35. The summed E-state index contributed by atoms with van der Waals surface area (Å²) in [6, 6.07) is 6.40. The number of aliphatic hydroxyl groups is 1. The molecule has 0 bridgehead atoms. The van der Waals surface area contributed by atoms with Gasteiger partial charge in [-0.05, 0) is 11.6 Å². The molecular weight excluding hydrogens is 378 g/mol. The number of carbonyl (C=O) groups excluding carboxylic acids is 2. The van der Waals surface area contributed by atoms with Crippen molar-refractivity contribution in [3.63, 3.8) is 0 Å². The Balaban J connectivity index is 1.93. The van der Waals surface area contributed by atoms with Crippen LogP contribution in [0.15, 0.2) is 45.9 Å². The lowest BCUT2D eigenvalue weighted by Crippen LogP contribution is -2.40. The number of amides is 2. The normalized spacial score (nSPS) is 11.8. The number of nitrogens with zero attached hydrogens (tertiary/aromatic N) is 3. The van der Waals surface area contributed by atoms with Gasteiger partial charge < -0.3 is 14.8 Å². The van der Waals surface area contributed by atoms with Gasteiger partial charge in [0.15, 0.2) is 5.76 Å². The summed E-state index contributed by atoms with van der Waals surface area (Å²) in [5, 5.41) is 36.2. The van der Waals surface area contributed by atoms with Crippen LogP contribution in [-0.2, 0) is 9.59 Å². The van der Waals surface area contributed by atoms with Gasteiger partial charge in [0.1, 0.15) is 4.92 Å². The first kappa shape index (κ1) is 20.2. The molecule has 2 rings (SSSR count). The molecule has 13 heteroatoms. The highest BCUT2D eigenvalue weighted by Crippen LogP contribution is 2.17. The Kier molecular flexibility index (Phi) is 6.49. The van der Waals surface area contributed by atoms with Crippen LogP contribution in [0.5, 0.6) is 0 Å². The Morgan fingerprint density at radius 2 is 1.79 bits per heavy atom. The molecule has 28 heavy (non-hydrogen) atoms. The minimum Gasteiger partial charge on any atom is -0.400 e. The average molecular weight is 391 g/mol. The number of nitrogens with one attached hydrogen (secondary N) is 2.